The first-order valence-electron chi connectivity index (χ1n) is 8.93. The number of amides is 1. The molecule has 1 unspecified atom stereocenters. The van der Waals surface area contributed by atoms with Crippen LogP contribution in [0.1, 0.15) is 18.4 Å². The summed E-state index contributed by atoms with van der Waals surface area (Å²) < 4.78 is 0. The highest BCUT2D eigenvalue weighted by atomic mass is 35.5. The molecule has 0 aromatic heterocycles. The maximum absolute atomic E-state index is 12.9. The van der Waals surface area contributed by atoms with Crippen LogP contribution in [0.25, 0.3) is 0 Å². The second-order valence-corrected chi connectivity index (χ2v) is 6.88. The van der Waals surface area contributed by atoms with Gasteiger partial charge in [0.1, 0.15) is 0 Å². The number of nitrogens with zero attached hydrogens (tertiary/aromatic N) is 2. The molecule has 5 heteroatoms. The number of anilines is 1. The van der Waals surface area contributed by atoms with E-state index in [1.807, 2.05) is 50.4 Å². The first kappa shape index (κ1) is 20.4. The summed E-state index contributed by atoms with van der Waals surface area (Å²) in [5.74, 6) is 0.902. The highest BCUT2D eigenvalue weighted by Crippen LogP contribution is 2.33. The maximum Gasteiger partial charge on any atom is 0.243 e. The van der Waals surface area contributed by atoms with Crippen molar-refractivity contribution < 1.29 is 4.79 Å². The van der Waals surface area contributed by atoms with E-state index in [-0.39, 0.29) is 24.4 Å². The minimum absolute atomic E-state index is 0. The van der Waals surface area contributed by atoms with Gasteiger partial charge in [-0.25, -0.2) is 0 Å². The Hall–Kier alpha value is -1.88. The summed E-state index contributed by atoms with van der Waals surface area (Å²) in [6.07, 6.45) is 0. The fraction of sp³-hybridized carbons (Fsp3) is 0.381. The van der Waals surface area contributed by atoms with Gasteiger partial charge in [0.05, 0.1) is 6.04 Å². The molecule has 1 aliphatic heterocycles. The smallest absolute Gasteiger partial charge is 0.243 e. The number of para-hydroxylation sites is 1. The fourth-order valence-corrected chi connectivity index (χ4v) is 3.75. The number of rotatable bonds is 5. The number of carbonyl (C=O) groups is 1. The van der Waals surface area contributed by atoms with Crippen LogP contribution in [0.3, 0.4) is 0 Å². The molecule has 1 aliphatic rings. The monoisotopic (exact) mass is 373 g/mol. The Balaban J connectivity index is 0.00000243. The molecule has 1 fully saturated rings. The van der Waals surface area contributed by atoms with Crippen LogP contribution in [0.4, 0.5) is 5.69 Å². The van der Waals surface area contributed by atoms with Crippen LogP contribution in [0.15, 0.2) is 60.7 Å². The highest BCUT2D eigenvalue weighted by Gasteiger charge is 2.37. The molecule has 1 saturated heterocycles. The van der Waals surface area contributed by atoms with Gasteiger partial charge in [-0.2, -0.15) is 0 Å². The van der Waals surface area contributed by atoms with Gasteiger partial charge in [-0.1, -0.05) is 48.5 Å². The Kier molecular flexibility index (Phi) is 7.21. The third kappa shape index (κ3) is 4.26. The number of likely N-dealkylation sites (N-methyl/N-ethyl adjacent to an activating group) is 1. The number of halogens is 1. The van der Waals surface area contributed by atoms with Gasteiger partial charge in [-0.3, -0.25) is 9.69 Å². The molecule has 2 N–H and O–H groups in total. The Labute approximate surface area is 162 Å². The molecule has 1 heterocycles. The average molecular weight is 374 g/mol. The van der Waals surface area contributed by atoms with E-state index in [1.165, 1.54) is 5.56 Å². The van der Waals surface area contributed by atoms with Crippen molar-refractivity contribution in [1.29, 1.82) is 0 Å². The van der Waals surface area contributed by atoms with E-state index in [2.05, 4.69) is 29.2 Å². The lowest BCUT2D eigenvalue weighted by Gasteiger charge is -2.28. The van der Waals surface area contributed by atoms with Crippen LogP contribution in [-0.2, 0) is 4.79 Å². The van der Waals surface area contributed by atoms with E-state index in [1.54, 1.807) is 4.90 Å². The van der Waals surface area contributed by atoms with Crippen LogP contribution in [0.2, 0.25) is 0 Å². The molecule has 4 nitrogen and oxygen atoms in total. The highest BCUT2D eigenvalue weighted by molar-refractivity contribution is 5.96. The van der Waals surface area contributed by atoms with Gasteiger partial charge in [0, 0.05) is 31.7 Å². The van der Waals surface area contributed by atoms with Crippen LogP contribution in [0, 0.1) is 5.92 Å². The number of carbonyl (C=O) groups excluding carboxylic acids is 1. The van der Waals surface area contributed by atoms with Gasteiger partial charge in [0.25, 0.3) is 0 Å². The van der Waals surface area contributed by atoms with Crippen molar-refractivity contribution in [2.75, 3.05) is 31.6 Å². The largest absolute Gasteiger partial charge is 0.330 e. The maximum atomic E-state index is 12.9. The summed E-state index contributed by atoms with van der Waals surface area (Å²) in [5, 5.41) is 0. The van der Waals surface area contributed by atoms with Gasteiger partial charge in [-0.05, 0) is 37.1 Å². The minimum atomic E-state index is -0.159. The lowest BCUT2D eigenvalue weighted by molar-refractivity contribution is -0.122. The third-order valence-electron chi connectivity index (χ3n) is 5.38. The fourth-order valence-electron chi connectivity index (χ4n) is 3.75. The zero-order valence-corrected chi connectivity index (χ0v) is 16.2. The van der Waals surface area contributed by atoms with Crippen molar-refractivity contribution >= 4 is 24.0 Å². The van der Waals surface area contributed by atoms with E-state index < -0.39 is 0 Å². The molecule has 3 atom stereocenters. The molecule has 0 saturated carbocycles. The molecule has 3 rings (SSSR count). The molecule has 0 spiro atoms. The zero-order chi connectivity index (χ0) is 17.8. The quantitative estimate of drug-likeness (QED) is 0.875. The van der Waals surface area contributed by atoms with Gasteiger partial charge in [0.15, 0.2) is 0 Å². The number of nitrogens with two attached hydrogens (primary N) is 1. The lowest BCUT2D eigenvalue weighted by Crippen LogP contribution is -2.45. The van der Waals surface area contributed by atoms with Crippen molar-refractivity contribution in [2.45, 2.75) is 18.9 Å². The van der Waals surface area contributed by atoms with Crippen molar-refractivity contribution in [3.05, 3.63) is 66.2 Å². The molecule has 0 bridgehead atoms. The number of likely N-dealkylation sites (tertiary alicyclic amines) is 1. The van der Waals surface area contributed by atoms with Crippen LogP contribution in [-0.4, -0.2) is 43.5 Å². The second kappa shape index (κ2) is 9.17. The number of hydrogen-bond acceptors (Lipinski definition) is 3. The standard InChI is InChI=1S/C21H27N3O.ClH/c1-16(21(25)23(2)19-11-7-4-8-12-19)24-14-18(13-22)20(15-24)17-9-5-3-6-10-17;/h3-12,16,18,20H,13-15,22H2,1-2H3;1H/t16?,18-,20+;/m1./s1. The molecule has 2 aromatic carbocycles. The Morgan fingerprint density at radius 3 is 2.27 bits per heavy atom. The van der Waals surface area contributed by atoms with Crippen LogP contribution >= 0.6 is 12.4 Å². The first-order chi connectivity index (χ1) is 12.1. The van der Waals surface area contributed by atoms with Crippen molar-refractivity contribution in [2.24, 2.45) is 11.7 Å². The van der Waals surface area contributed by atoms with Gasteiger partial charge < -0.3 is 10.6 Å². The number of hydrogen-bond donors (Lipinski definition) is 1. The molecule has 2 aromatic rings. The minimum Gasteiger partial charge on any atom is -0.330 e. The predicted molar refractivity (Wildman–Crippen MR) is 110 cm³/mol. The lowest BCUT2D eigenvalue weighted by atomic mass is 9.89. The van der Waals surface area contributed by atoms with E-state index in [0.717, 1.165) is 18.8 Å². The normalized spacial score (nSPS) is 21.0. The SMILES string of the molecule is CC(C(=O)N(C)c1ccccc1)N1C[C@@H](CN)[C@H](c2ccccc2)C1.Cl. The zero-order valence-electron chi connectivity index (χ0n) is 15.4. The summed E-state index contributed by atoms with van der Waals surface area (Å²) in [6, 6.07) is 20.1. The predicted octanol–water partition coefficient (Wildman–Crippen LogP) is 3.13. The number of benzene rings is 2. The third-order valence-corrected chi connectivity index (χ3v) is 5.38. The van der Waals surface area contributed by atoms with Crippen molar-refractivity contribution in [3.8, 4) is 0 Å². The van der Waals surface area contributed by atoms with Gasteiger partial charge in [-0.15, -0.1) is 12.4 Å². The molecular formula is C21H28ClN3O. The summed E-state index contributed by atoms with van der Waals surface area (Å²) in [5.41, 5.74) is 8.27. The van der Waals surface area contributed by atoms with E-state index >= 15 is 0 Å². The Bertz CT molecular complexity index is 695. The molecule has 0 aliphatic carbocycles. The topological polar surface area (TPSA) is 49.6 Å². The molecular weight excluding hydrogens is 346 g/mol. The first-order valence-corrected chi connectivity index (χ1v) is 8.93. The average Bonchev–Trinajstić information content (AvgIpc) is 3.12. The van der Waals surface area contributed by atoms with Crippen LogP contribution in [0.5, 0.6) is 0 Å². The van der Waals surface area contributed by atoms with E-state index in [4.69, 9.17) is 5.73 Å². The van der Waals surface area contributed by atoms with E-state index in [9.17, 15) is 4.79 Å². The van der Waals surface area contributed by atoms with Gasteiger partial charge >= 0.3 is 0 Å². The molecule has 1 amide bonds. The Morgan fingerprint density at radius 1 is 1.12 bits per heavy atom. The van der Waals surface area contributed by atoms with Gasteiger partial charge in [0.2, 0.25) is 5.91 Å². The molecule has 0 radical (unpaired) electrons. The van der Waals surface area contributed by atoms with Crippen LogP contribution < -0.4 is 10.6 Å². The summed E-state index contributed by atoms with van der Waals surface area (Å²) in [6.45, 7) is 4.39. The summed E-state index contributed by atoms with van der Waals surface area (Å²) in [7, 11) is 1.85. The summed E-state index contributed by atoms with van der Waals surface area (Å²) >= 11 is 0. The Morgan fingerprint density at radius 2 is 1.69 bits per heavy atom. The van der Waals surface area contributed by atoms with Crippen molar-refractivity contribution in [1.82, 2.24) is 4.90 Å². The van der Waals surface area contributed by atoms with Crippen molar-refractivity contribution in [3.63, 3.8) is 0 Å². The summed E-state index contributed by atoms with van der Waals surface area (Å²) in [4.78, 5) is 16.9. The van der Waals surface area contributed by atoms with E-state index in [0.29, 0.717) is 18.4 Å². The molecule has 26 heavy (non-hydrogen) atoms. The second-order valence-electron chi connectivity index (χ2n) is 6.88. The molecule has 140 valence electrons.